The number of hydrogen-bond acceptors (Lipinski definition) is 8. The molecule has 2 saturated heterocycles. The van der Waals surface area contributed by atoms with Crippen LogP contribution in [0.5, 0.6) is 0 Å². The van der Waals surface area contributed by atoms with E-state index in [0.29, 0.717) is 42.6 Å². The van der Waals surface area contributed by atoms with Gasteiger partial charge in [0, 0.05) is 55.0 Å². The first-order valence-corrected chi connectivity index (χ1v) is 12.4. The molecule has 3 N–H and O–H groups in total. The summed E-state index contributed by atoms with van der Waals surface area (Å²) in [7, 11) is 0. The average Bonchev–Trinajstić information content (AvgIpc) is 3.25. The molecule has 2 aromatic heterocycles. The fourth-order valence-electron chi connectivity index (χ4n) is 5.15. The Kier molecular flexibility index (Phi) is 7.03. The van der Waals surface area contributed by atoms with Gasteiger partial charge < -0.3 is 24.8 Å². The number of rotatable bonds is 6. The Labute approximate surface area is 208 Å². The molecule has 1 aromatic carbocycles. The highest BCUT2D eigenvalue weighted by atomic mass is 19.1. The SMILES string of the molecule is CC(C)n1c(CN2CC[C@H](O)C2)cc(=O)c2ccc(-c3nc(N[C@@H]4CCOC[C@H]4O)ncc3F)cc21. The Bertz CT molecular complexity index is 1310. The van der Waals surface area contributed by atoms with E-state index in [1.54, 1.807) is 24.3 Å². The molecule has 3 atom stereocenters. The van der Waals surface area contributed by atoms with E-state index in [4.69, 9.17) is 4.74 Å². The predicted octanol–water partition coefficient (Wildman–Crippen LogP) is 2.31. The number of likely N-dealkylation sites (tertiary alicyclic amines) is 1. The summed E-state index contributed by atoms with van der Waals surface area (Å²) in [4.78, 5) is 23.6. The van der Waals surface area contributed by atoms with E-state index in [9.17, 15) is 19.4 Å². The van der Waals surface area contributed by atoms with Crippen molar-refractivity contribution in [2.24, 2.45) is 0 Å². The van der Waals surface area contributed by atoms with Gasteiger partial charge in [-0.1, -0.05) is 6.07 Å². The van der Waals surface area contributed by atoms with Crippen LogP contribution in [-0.4, -0.2) is 74.2 Å². The van der Waals surface area contributed by atoms with Gasteiger partial charge in [0.05, 0.1) is 36.6 Å². The third-order valence-corrected chi connectivity index (χ3v) is 6.94. The topological polar surface area (TPSA) is 113 Å². The van der Waals surface area contributed by atoms with Crippen LogP contribution in [0.3, 0.4) is 0 Å². The first kappa shape index (κ1) is 24.8. The minimum atomic E-state index is -0.702. The molecule has 9 nitrogen and oxygen atoms in total. The van der Waals surface area contributed by atoms with Crippen molar-refractivity contribution < 1.29 is 19.3 Å². The van der Waals surface area contributed by atoms with Crippen molar-refractivity contribution in [2.75, 3.05) is 31.6 Å². The largest absolute Gasteiger partial charge is 0.392 e. The molecular formula is C26H32FN5O4. The number of aliphatic hydroxyl groups is 2. The minimum Gasteiger partial charge on any atom is -0.392 e. The number of β-amino-alcohol motifs (C(OH)–C–C–N with tert-alkyl or cyclic N) is 1. The van der Waals surface area contributed by atoms with Crippen LogP contribution in [0.1, 0.15) is 38.4 Å². The van der Waals surface area contributed by atoms with E-state index in [0.717, 1.165) is 24.9 Å². The summed E-state index contributed by atoms with van der Waals surface area (Å²) in [6.45, 7) is 6.73. The number of pyridine rings is 1. The highest BCUT2D eigenvalue weighted by molar-refractivity contribution is 5.84. The maximum absolute atomic E-state index is 14.9. The van der Waals surface area contributed by atoms with Crippen molar-refractivity contribution in [1.29, 1.82) is 0 Å². The number of aromatic nitrogens is 3. The Morgan fingerprint density at radius 3 is 2.81 bits per heavy atom. The van der Waals surface area contributed by atoms with Crippen LogP contribution in [0.2, 0.25) is 0 Å². The normalized spacial score (nSPS) is 23.0. The summed E-state index contributed by atoms with van der Waals surface area (Å²) in [5, 5.41) is 23.8. The zero-order chi connectivity index (χ0) is 25.4. The van der Waals surface area contributed by atoms with Gasteiger partial charge in [0.1, 0.15) is 5.69 Å². The molecule has 2 aliphatic rings. The molecule has 192 valence electrons. The van der Waals surface area contributed by atoms with Gasteiger partial charge in [0.15, 0.2) is 11.2 Å². The molecule has 36 heavy (non-hydrogen) atoms. The van der Waals surface area contributed by atoms with Crippen LogP contribution in [0.25, 0.3) is 22.2 Å². The fraction of sp³-hybridized carbons (Fsp3) is 0.500. The van der Waals surface area contributed by atoms with E-state index in [2.05, 4.69) is 24.8 Å². The number of benzene rings is 1. The zero-order valence-electron chi connectivity index (χ0n) is 20.5. The number of halogens is 1. The molecule has 0 unspecified atom stereocenters. The van der Waals surface area contributed by atoms with Crippen LogP contribution >= 0.6 is 0 Å². The van der Waals surface area contributed by atoms with Gasteiger partial charge >= 0.3 is 0 Å². The van der Waals surface area contributed by atoms with Crippen LogP contribution in [0.15, 0.2) is 35.3 Å². The van der Waals surface area contributed by atoms with Gasteiger partial charge in [-0.3, -0.25) is 9.69 Å². The summed E-state index contributed by atoms with van der Waals surface area (Å²) in [6, 6.07) is 6.64. The first-order valence-electron chi connectivity index (χ1n) is 12.4. The summed E-state index contributed by atoms with van der Waals surface area (Å²) < 4.78 is 22.3. The van der Waals surface area contributed by atoms with E-state index in [-0.39, 0.29) is 41.9 Å². The molecule has 0 spiro atoms. The predicted molar refractivity (Wildman–Crippen MR) is 134 cm³/mol. The third kappa shape index (κ3) is 4.99. The van der Waals surface area contributed by atoms with Gasteiger partial charge in [0.2, 0.25) is 5.95 Å². The van der Waals surface area contributed by atoms with Crippen molar-refractivity contribution in [3.63, 3.8) is 0 Å². The standard InChI is InChI=1S/C26H32FN5O4/c1-15(2)32-17(12-31-7-5-18(33)13-31)10-23(34)19-4-3-16(9-22(19)32)25-20(27)11-28-26(30-25)29-21-6-8-36-14-24(21)35/h3-4,9-11,15,18,21,24,33,35H,5-8,12-14H2,1-2H3,(H,28,29,30)/t18-,21+,24+/m0/s1. The lowest BCUT2D eigenvalue weighted by Gasteiger charge is -2.28. The molecule has 0 saturated carbocycles. The van der Waals surface area contributed by atoms with Gasteiger partial charge in [-0.15, -0.1) is 0 Å². The number of hydrogen-bond donors (Lipinski definition) is 3. The highest BCUT2D eigenvalue weighted by Gasteiger charge is 2.25. The maximum atomic E-state index is 14.9. The van der Waals surface area contributed by atoms with E-state index in [1.165, 1.54) is 0 Å². The van der Waals surface area contributed by atoms with E-state index in [1.807, 2.05) is 13.8 Å². The van der Waals surface area contributed by atoms with Crippen molar-refractivity contribution in [2.45, 2.75) is 57.5 Å². The lowest BCUT2D eigenvalue weighted by molar-refractivity contribution is -0.0136. The van der Waals surface area contributed by atoms with Gasteiger partial charge in [-0.2, -0.15) is 0 Å². The Morgan fingerprint density at radius 2 is 2.08 bits per heavy atom. The average molecular weight is 498 g/mol. The quantitative estimate of drug-likeness (QED) is 0.476. The summed E-state index contributed by atoms with van der Waals surface area (Å²) >= 11 is 0. The monoisotopic (exact) mass is 497 g/mol. The van der Waals surface area contributed by atoms with Crippen LogP contribution in [-0.2, 0) is 11.3 Å². The molecule has 3 aromatic rings. The van der Waals surface area contributed by atoms with E-state index < -0.39 is 11.9 Å². The lowest BCUT2D eigenvalue weighted by atomic mass is 10.1. The molecule has 0 amide bonds. The van der Waals surface area contributed by atoms with Crippen molar-refractivity contribution in [3.05, 3.63) is 52.2 Å². The first-order chi connectivity index (χ1) is 17.3. The number of nitrogens with zero attached hydrogens (tertiary/aromatic N) is 4. The van der Waals surface area contributed by atoms with Crippen LogP contribution < -0.4 is 10.7 Å². The second-order valence-corrected chi connectivity index (χ2v) is 9.95. The summed E-state index contributed by atoms with van der Waals surface area (Å²) in [5.41, 5.74) is 2.11. The number of fused-ring (bicyclic) bond motifs is 1. The van der Waals surface area contributed by atoms with Gasteiger partial charge in [0.25, 0.3) is 0 Å². The zero-order valence-corrected chi connectivity index (χ0v) is 20.5. The fourth-order valence-corrected chi connectivity index (χ4v) is 5.15. The molecule has 0 radical (unpaired) electrons. The molecule has 4 heterocycles. The maximum Gasteiger partial charge on any atom is 0.223 e. The van der Waals surface area contributed by atoms with Crippen LogP contribution in [0.4, 0.5) is 10.3 Å². The Balaban J connectivity index is 1.54. The second kappa shape index (κ2) is 10.2. The molecule has 5 rings (SSSR count). The highest BCUT2D eigenvalue weighted by Crippen LogP contribution is 2.28. The molecule has 2 fully saturated rings. The number of aliphatic hydroxyl groups excluding tert-OH is 2. The lowest BCUT2D eigenvalue weighted by Crippen LogP contribution is -2.42. The molecule has 10 heteroatoms. The Hall–Kier alpha value is -2.92. The summed E-state index contributed by atoms with van der Waals surface area (Å²) in [5.74, 6) is -0.354. The minimum absolute atomic E-state index is 0.0494. The number of ether oxygens (including phenoxy) is 1. The second-order valence-electron chi connectivity index (χ2n) is 9.95. The van der Waals surface area contributed by atoms with Gasteiger partial charge in [-0.25, -0.2) is 14.4 Å². The van der Waals surface area contributed by atoms with Gasteiger partial charge in [-0.05, 0) is 38.8 Å². The smallest absolute Gasteiger partial charge is 0.223 e. The number of anilines is 1. The van der Waals surface area contributed by atoms with Crippen molar-refractivity contribution >= 4 is 16.9 Å². The molecule has 0 aliphatic carbocycles. The third-order valence-electron chi connectivity index (χ3n) is 6.94. The van der Waals surface area contributed by atoms with Crippen LogP contribution in [0, 0.1) is 5.82 Å². The molecular weight excluding hydrogens is 465 g/mol. The summed E-state index contributed by atoms with van der Waals surface area (Å²) in [6.07, 6.45) is 1.38. The Morgan fingerprint density at radius 1 is 1.25 bits per heavy atom. The molecule has 0 bridgehead atoms. The molecule has 2 aliphatic heterocycles. The van der Waals surface area contributed by atoms with E-state index >= 15 is 0 Å². The number of nitrogens with one attached hydrogen (secondary N) is 1. The van der Waals surface area contributed by atoms with Crippen molar-refractivity contribution in [3.8, 4) is 11.3 Å². The van der Waals surface area contributed by atoms with Crippen molar-refractivity contribution in [1.82, 2.24) is 19.4 Å².